The molecule has 4 heterocycles. The van der Waals surface area contributed by atoms with Crippen LogP contribution in [-0.4, -0.2) is 70.6 Å². The van der Waals surface area contributed by atoms with Crippen molar-refractivity contribution in [1.82, 2.24) is 44.4 Å². The van der Waals surface area contributed by atoms with Gasteiger partial charge in [-0.3, -0.25) is 9.88 Å². The summed E-state index contributed by atoms with van der Waals surface area (Å²) in [6.07, 6.45) is 3.55. The zero-order valence-electron chi connectivity index (χ0n) is 17.8. The molecule has 0 unspecified atom stereocenters. The standard InChI is InChI=1S/C21H24N10S/c1-2-29-19(17-8-10-22-11-9-17)24-30(21(29)32)16-27-12-14-28(15-13-27)20-23-25-26-31(20)18-6-4-3-5-7-18/h3-11H,2,12-16H2,1H3. The number of piperazine rings is 1. The molecule has 11 heteroatoms. The molecule has 3 aromatic heterocycles. The summed E-state index contributed by atoms with van der Waals surface area (Å²) in [4.78, 5) is 8.68. The van der Waals surface area contributed by atoms with Gasteiger partial charge in [0.2, 0.25) is 5.95 Å². The normalized spacial score (nSPS) is 14.7. The third-order valence-electron chi connectivity index (χ3n) is 5.62. The molecule has 1 aliphatic heterocycles. The Labute approximate surface area is 190 Å². The highest BCUT2D eigenvalue weighted by Crippen LogP contribution is 2.19. The van der Waals surface area contributed by atoms with Crippen LogP contribution in [0.2, 0.25) is 0 Å². The number of anilines is 1. The van der Waals surface area contributed by atoms with Gasteiger partial charge in [-0.2, -0.15) is 9.78 Å². The second-order valence-electron chi connectivity index (χ2n) is 7.56. The van der Waals surface area contributed by atoms with Crippen molar-refractivity contribution in [2.75, 3.05) is 31.1 Å². The van der Waals surface area contributed by atoms with Crippen LogP contribution >= 0.6 is 12.2 Å². The van der Waals surface area contributed by atoms with Crippen molar-refractivity contribution >= 4 is 18.2 Å². The molecule has 164 valence electrons. The van der Waals surface area contributed by atoms with Crippen LogP contribution in [0.3, 0.4) is 0 Å². The van der Waals surface area contributed by atoms with E-state index in [0.717, 1.165) is 60.5 Å². The molecular weight excluding hydrogens is 424 g/mol. The van der Waals surface area contributed by atoms with Gasteiger partial charge in [0.25, 0.3) is 0 Å². The van der Waals surface area contributed by atoms with E-state index in [1.54, 1.807) is 17.1 Å². The lowest BCUT2D eigenvalue weighted by Gasteiger charge is -2.34. The summed E-state index contributed by atoms with van der Waals surface area (Å²) in [5.74, 6) is 1.64. The van der Waals surface area contributed by atoms with Crippen molar-refractivity contribution in [3.63, 3.8) is 0 Å². The summed E-state index contributed by atoms with van der Waals surface area (Å²) in [6, 6.07) is 13.9. The number of pyridine rings is 1. The molecule has 1 aliphatic rings. The maximum Gasteiger partial charge on any atom is 0.250 e. The number of rotatable bonds is 6. The van der Waals surface area contributed by atoms with Crippen LogP contribution in [0, 0.1) is 4.77 Å². The first-order valence-electron chi connectivity index (χ1n) is 10.6. The third kappa shape index (κ3) is 3.92. The first-order valence-corrected chi connectivity index (χ1v) is 11.0. The Morgan fingerprint density at radius 2 is 1.72 bits per heavy atom. The van der Waals surface area contributed by atoms with Crippen LogP contribution in [0.1, 0.15) is 6.92 Å². The molecule has 0 N–H and O–H groups in total. The van der Waals surface area contributed by atoms with Gasteiger partial charge in [-0.15, -0.1) is 0 Å². The van der Waals surface area contributed by atoms with Crippen LogP contribution in [0.15, 0.2) is 54.9 Å². The SMILES string of the molecule is CCn1c(-c2ccncc2)nn(CN2CCN(c3nnnn3-c3ccccc3)CC2)c1=S. The molecule has 0 saturated carbocycles. The number of hydrogen-bond acceptors (Lipinski definition) is 8. The Bertz CT molecular complexity index is 1220. The Morgan fingerprint density at radius 1 is 0.969 bits per heavy atom. The fourth-order valence-electron chi connectivity index (χ4n) is 3.93. The molecule has 5 rings (SSSR count). The lowest BCUT2D eigenvalue weighted by atomic mass is 10.2. The summed E-state index contributed by atoms with van der Waals surface area (Å²) in [5, 5.41) is 17.2. The number of benzene rings is 1. The number of hydrogen-bond donors (Lipinski definition) is 0. The first-order chi connectivity index (χ1) is 15.7. The van der Waals surface area contributed by atoms with Gasteiger partial charge in [-0.25, -0.2) is 4.68 Å². The Kier molecular flexibility index (Phi) is 5.73. The molecule has 4 aromatic rings. The van der Waals surface area contributed by atoms with E-state index >= 15 is 0 Å². The highest BCUT2D eigenvalue weighted by Gasteiger charge is 2.23. The van der Waals surface area contributed by atoms with E-state index in [-0.39, 0.29) is 0 Å². The van der Waals surface area contributed by atoms with Crippen LogP contribution < -0.4 is 4.90 Å². The largest absolute Gasteiger partial charge is 0.337 e. The molecular formula is C21H24N10S. The number of para-hydroxylation sites is 1. The summed E-state index contributed by atoms with van der Waals surface area (Å²) in [7, 11) is 0. The highest BCUT2D eigenvalue weighted by atomic mass is 32.1. The van der Waals surface area contributed by atoms with Crippen molar-refractivity contribution in [2.45, 2.75) is 20.1 Å². The molecule has 0 bridgehead atoms. The predicted octanol–water partition coefficient (Wildman–Crippen LogP) is 2.25. The van der Waals surface area contributed by atoms with Crippen molar-refractivity contribution in [3.05, 3.63) is 59.6 Å². The predicted molar refractivity (Wildman–Crippen MR) is 123 cm³/mol. The molecule has 0 amide bonds. The summed E-state index contributed by atoms with van der Waals surface area (Å²) >= 11 is 5.72. The van der Waals surface area contributed by atoms with Crippen molar-refractivity contribution in [2.24, 2.45) is 0 Å². The van der Waals surface area contributed by atoms with Gasteiger partial charge in [0, 0.05) is 50.7 Å². The van der Waals surface area contributed by atoms with E-state index in [4.69, 9.17) is 17.3 Å². The number of aromatic nitrogens is 8. The van der Waals surface area contributed by atoms with E-state index in [1.807, 2.05) is 47.1 Å². The molecule has 0 radical (unpaired) electrons. The lowest BCUT2D eigenvalue weighted by Crippen LogP contribution is -2.47. The van der Waals surface area contributed by atoms with Gasteiger partial charge in [-0.1, -0.05) is 23.3 Å². The van der Waals surface area contributed by atoms with Crippen LogP contribution in [0.4, 0.5) is 5.95 Å². The van der Waals surface area contributed by atoms with Crippen molar-refractivity contribution in [1.29, 1.82) is 0 Å². The van der Waals surface area contributed by atoms with Gasteiger partial charge in [0.1, 0.15) is 0 Å². The van der Waals surface area contributed by atoms with E-state index in [1.165, 1.54) is 0 Å². The summed E-state index contributed by atoms with van der Waals surface area (Å²) in [5.41, 5.74) is 1.97. The monoisotopic (exact) mass is 448 g/mol. The van der Waals surface area contributed by atoms with Crippen molar-refractivity contribution in [3.8, 4) is 17.1 Å². The van der Waals surface area contributed by atoms with Gasteiger partial charge >= 0.3 is 0 Å². The molecule has 0 spiro atoms. The van der Waals surface area contributed by atoms with E-state index in [2.05, 4.69) is 41.8 Å². The topological polar surface area (TPSA) is 85.7 Å². The lowest BCUT2D eigenvalue weighted by molar-refractivity contribution is 0.193. The fourth-order valence-corrected chi connectivity index (χ4v) is 4.24. The van der Waals surface area contributed by atoms with Gasteiger partial charge < -0.3 is 9.47 Å². The van der Waals surface area contributed by atoms with E-state index in [9.17, 15) is 0 Å². The van der Waals surface area contributed by atoms with E-state index in [0.29, 0.717) is 6.67 Å². The molecule has 1 saturated heterocycles. The first kappa shape index (κ1) is 20.5. The third-order valence-corrected chi connectivity index (χ3v) is 6.05. The minimum Gasteiger partial charge on any atom is -0.337 e. The number of tetrazole rings is 1. The molecule has 1 fully saturated rings. The average Bonchev–Trinajstić information content (AvgIpc) is 3.46. The fraction of sp³-hybridized carbons (Fsp3) is 0.333. The smallest absolute Gasteiger partial charge is 0.250 e. The van der Waals surface area contributed by atoms with Gasteiger partial charge in [0.05, 0.1) is 12.4 Å². The van der Waals surface area contributed by atoms with Crippen LogP contribution in [-0.2, 0) is 13.2 Å². The Morgan fingerprint density at radius 3 is 2.44 bits per heavy atom. The molecule has 1 aromatic carbocycles. The molecule has 0 aliphatic carbocycles. The van der Waals surface area contributed by atoms with Crippen LogP contribution in [0.25, 0.3) is 17.1 Å². The van der Waals surface area contributed by atoms with Crippen LogP contribution in [0.5, 0.6) is 0 Å². The van der Waals surface area contributed by atoms with E-state index < -0.39 is 0 Å². The Balaban J connectivity index is 1.29. The molecule has 0 atom stereocenters. The molecule has 10 nitrogen and oxygen atoms in total. The zero-order chi connectivity index (χ0) is 21.9. The average molecular weight is 449 g/mol. The second kappa shape index (κ2) is 8.97. The maximum atomic E-state index is 5.72. The van der Waals surface area contributed by atoms with Gasteiger partial charge in [0.15, 0.2) is 10.6 Å². The minimum atomic E-state index is 0.654. The summed E-state index contributed by atoms with van der Waals surface area (Å²) < 4.78 is 6.50. The second-order valence-corrected chi connectivity index (χ2v) is 7.92. The highest BCUT2D eigenvalue weighted by molar-refractivity contribution is 7.71. The summed E-state index contributed by atoms with van der Waals surface area (Å²) in [6.45, 7) is 6.90. The van der Waals surface area contributed by atoms with Gasteiger partial charge in [-0.05, 0) is 53.8 Å². The minimum absolute atomic E-state index is 0.654. The Hall–Kier alpha value is -3.44. The number of nitrogens with zero attached hydrogens (tertiary/aromatic N) is 10. The molecule has 32 heavy (non-hydrogen) atoms. The maximum absolute atomic E-state index is 5.72. The quantitative estimate of drug-likeness (QED) is 0.415. The van der Waals surface area contributed by atoms with Crippen molar-refractivity contribution < 1.29 is 0 Å². The zero-order valence-corrected chi connectivity index (χ0v) is 18.6.